The predicted octanol–water partition coefficient (Wildman–Crippen LogP) is 5.01. The van der Waals surface area contributed by atoms with Crippen LogP contribution in [0.15, 0.2) is 36.5 Å². The van der Waals surface area contributed by atoms with Gasteiger partial charge in [0, 0.05) is 16.8 Å². The number of rotatable bonds is 4. The third-order valence-electron chi connectivity index (χ3n) is 6.96. The summed E-state index contributed by atoms with van der Waals surface area (Å²) in [5.74, 6) is 2.97. The van der Waals surface area contributed by atoms with Crippen molar-refractivity contribution < 1.29 is 4.57 Å². The van der Waals surface area contributed by atoms with Crippen molar-refractivity contribution in [3.63, 3.8) is 0 Å². The Morgan fingerprint density at radius 3 is 2.46 bits per heavy atom. The van der Waals surface area contributed by atoms with E-state index >= 15 is 0 Å². The third-order valence-corrected chi connectivity index (χ3v) is 9.02. The van der Waals surface area contributed by atoms with Gasteiger partial charge in [0.25, 0.3) is 0 Å². The molecule has 0 N–H and O–H groups in total. The standard InChI is InChI=1S/C24H34NSi/c1-17-8-6-7-9-22(17)23-15-21(24(16-25(23)2)26(3,4)5)14-20-13-18-10-11-19(20)12-18/h6-9,15-16,18-20H,10-14H2,1-5H3/q+1. The fraction of sp³-hybridized carbons (Fsp3) is 0.542. The zero-order valence-corrected chi connectivity index (χ0v) is 18.2. The Balaban J connectivity index is 1.77. The quantitative estimate of drug-likeness (QED) is 0.530. The Morgan fingerprint density at radius 2 is 1.85 bits per heavy atom. The number of nitrogens with zero attached hydrogens (tertiary/aromatic N) is 1. The van der Waals surface area contributed by atoms with E-state index in [2.05, 4.69) is 74.7 Å². The van der Waals surface area contributed by atoms with E-state index in [0.29, 0.717) is 0 Å². The summed E-state index contributed by atoms with van der Waals surface area (Å²) in [6.45, 7) is 9.73. The molecule has 1 aromatic heterocycles. The molecule has 26 heavy (non-hydrogen) atoms. The van der Waals surface area contributed by atoms with Crippen LogP contribution < -0.4 is 9.75 Å². The molecule has 2 heteroatoms. The van der Waals surface area contributed by atoms with E-state index in [1.165, 1.54) is 48.9 Å². The highest BCUT2D eigenvalue weighted by atomic mass is 28.3. The van der Waals surface area contributed by atoms with Crippen LogP contribution in [-0.4, -0.2) is 8.07 Å². The fourth-order valence-corrected chi connectivity index (χ4v) is 7.29. The molecule has 0 aliphatic heterocycles. The Bertz CT molecular complexity index is 817. The Hall–Kier alpha value is -1.41. The van der Waals surface area contributed by atoms with Crippen LogP contribution >= 0.6 is 0 Å². The number of benzene rings is 1. The highest BCUT2D eigenvalue weighted by Gasteiger charge is 2.40. The third kappa shape index (κ3) is 3.29. The molecular formula is C24H34NSi+. The monoisotopic (exact) mass is 364 g/mol. The van der Waals surface area contributed by atoms with Gasteiger partial charge in [-0.2, -0.15) is 0 Å². The van der Waals surface area contributed by atoms with Gasteiger partial charge in [0.2, 0.25) is 5.69 Å². The zero-order chi connectivity index (χ0) is 18.5. The minimum Gasteiger partial charge on any atom is -0.201 e. The van der Waals surface area contributed by atoms with Gasteiger partial charge in [0.1, 0.15) is 7.05 Å². The maximum Gasteiger partial charge on any atom is 0.212 e. The van der Waals surface area contributed by atoms with Gasteiger partial charge in [0.15, 0.2) is 6.20 Å². The number of pyridine rings is 1. The minimum atomic E-state index is -1.36. The first kappa shape index (κ1) is 18.0. The number of hydrogen-bond acceptors (Lipinski definition) is 0. The van der Waals surface area contributed by atoms with Crippen LogP contribution in [-0.2, 0) is 13.5 Å². The highest BCUT2D eigenvalue weighted by Crippen LogP contribution is 2.49. The molecular weight excluding hydrogens is 330 g/mol. The van der Waals surface area contributed by atoms with Crippen LogP contribution in [0.4, 0.5) is 0 Å². The van der Waals surface area contributed by atoms with Crippen molar-refractivity contribution >= 4 is 13.3 Å². The normalized spacial score (nSPS) is 25.0. The largest absolute Gasteiger partial charge is 0.212 e. The second kappa shape index (κ2) is 6.63. The molecule has 0 saturated heterocycles. The predicted molar refractivity (Wildman–Crippen MR) is 113 cm³/mol. The molecule has 0 spiro atoms. The number of aromatic nitrogens is 1. The first-order chi connectivity index (χ1) is 12.3. The van der Waals surface area contributed by atoms with Crippen molar-refractivity contribution in [2.45, 2.75) is 58.7 Å². The van der Waals surface area contributed by atoms with Crippen LogP contribution in [0.2, 0.25) is 19.6 Å². The van der Waals surface area contributed by atoms with Gasteiger partial charge in [-0.15, -0.1) is 0 Å². The number of hydrogen-bond donors (Lipinski definition) is 0. The van der Waals surface area contributed by atoms with E-state index in [-0.39, 0.29) is 0 Å². The number of aryl methyl sites for hydroxylation is 2. The molecule has 3 unspecified atom stereocenters. The topological polar surface area (TPSA) is 3.88 Å². The molecule has 2 bridgehead atoms. The van der Waals surface area contributed by atoms with Crippen molar-refractivity contribution in [3.05, 3.63) is 47.7 Å². The maximum atomic E-state index is 2.54. The van der Waals surface area contributed by atoms with Crippen molar-refractivity contribution in [2.75, 3.05) is 0 Å². The van der Waals surface area contributed by atoms with E-state index in [4.69, 9.17) is 0 Å². The second-order valence-electron chi connectivity index (χ2n) is 9.91. The van der Waals surface area contributed by atoms with Crippen LogP contribution in [0.5, 0.6) is 0 Å². The molecule has 2 fully saturated rings. The lowest BCUT2D eigenvalue weighted by atomic mass is 9.84. The van der Waals surface area contributed by atoms with Crippen molar-refractivity contribution in [2.24, 2.45) is 24.8 Å². The molecule has 4 rings (SSSR count). The molecule has 1 nitrogen and oxygen atoms in total. The lowest BCUT2D eigenvalue weighted by molar-refractivity contribution is -0.659. The van der Waals surface area contributed by atoms with Crippen LogP contribution in [0.1, 0.15) is 36.8 Å². The van der Waals surface area contributed by atoms with Gasteiger partial charge in [-0.3, -0.25) is 0 Å². The first-order valence-electron chi connectivity index (χ1n) is 10.4. The second-order valence-corrected chi connectivity index (χ2v) is 15.0. The molecule has 2 aromatic rings. The van der Waals surface area contributed by atoms with Gasteiger partial charge in [-0.05, 0) is 67.6 Å². The number of fused-ring (bicyclic) bond motifs is 2. The van der Waals surface area contributed by atoms with E-state index in [0.717, 1.165) is 17.8 Å². The molecule has 2 aliphatic rings. The van der Waals surface area contributed by atoms with Crippen molar-refractivity contribution in [1.82, 2.24) is 0 Å². The summed E-state index contributed by atoms with van der Waals surface area (Å²) in [4.78, 5) is 0. The summed E-state index contributed by atoms with van der Waals surface area (Å²) in [5, 5.41) is 1.67. The Labute approximate surface area is 160 Å². The molecule has 0 amide bonds. The molecule has 1 heterocycles. The van der Waals surface area contributed by atoms with Gasteiger partial charge in [-0.1, -0.05) is 44.3 Å². The summed E-state index contributed by atoms with van der Waals surface area (Å²) >= 11 is 0. The summed E-state index contributed by atoms with van der Waals surface area (Å²) in [7, 11) is 0.868. The summed E-state index contributed by atoms with van der Waals surface area (Å²) in [5.41, 5.74) is 5.78. The van der Waals surface area contributed by atoms with E-state index in [1.807, 2.05) is 0 Å². The smallest absolute Gasteiger partial charge is 0.201 e. The van der Waals surface area contributed by atoms with Crippen molar-refractivity contribution in [1.29, 1.82) is 0 Å². The molecule has 2 aliphatic carbocycles. The van der Waals surface area contributed by atoms with Gasteiger partial charge >= 0.3 is 0 Å². The van der Waals surface area contributed by atoms with Crippen LogP contribution in [0, 0.1) is 24.7 Å². The average Bonchev–Trinajstić information content (AvgIpc) is 3.19. The maximum absolute atomic E-state index is 2.54. The van der Waals surface area contributed by atoms with Crippen molar-refractivity contribution in [3.8, 4) is 11.3 Å². The average molecular weight is 365 g/mol. The summed E-state index contributed by atoms with van der Waals surface area (Å²) in [6.07, 6.45) is 9.76. The lowest BCUT2D eigenvalue weighted by Crippen LogP contribution is -2.47. The summed E-state index contributed by atoms with van der Waals surface area (Å²) < 4.78 is 2.38. The molecule has 3 atom stereocenters. The van der Waals surface area contributed by atoms with Gasteiger partial charge in [0.05, 0.1) is 8.07 Å². The van der Waals surface area contributed by atoms with Gasteiger partial charge < -0.3 is 0 Å². The first-order valence-corrected chi connectivity index (χ1v) is 13.9. The summed E-state index contributed by atoms with van der Waals surface area (Å²) in [6, 6.07) is 11.4. The Morgan fingerprint density at radius 1 is 1.08 bits per heavy atom. The van der Waals surface area contributed by atoms with E-state index < -0.39 is 8.07 Å². The minimum absolute atomic E-state index is 0.932. The molecule has 2 saturated carbocycles. The Kier molecular flexibility index (Phi) is 4.59. The fourth-order valence-electron chi connectivity index (χ4n) is 5.57. The van der Waals surface area contributed by atoms with E-state index in [9.17, 15) is 0 Å². The van der Waals surface area contributed by atoms with Gasteiger partial charge in [-0.25, -0.2) is 4.57 Å². The molecule has 138 valence electrons. The van der Waals surface area contributed by atoms with E-state index in [1.54, 1.807) is 10.8 Å². The molecule has 1 aromatic carbocycles. The molecule has 0 radical (unpaired) electrons. The zero-order valence-electron chi connectivity index (χ0n) is 17.2. The van der Waals surface area contributed by atoms with Crippen LogP contribution in [0.25, 0.3) is 11.3 Å². The van der Waals surface area contributed by atoms with Crippen LogP contribution in [0.3, 0.4) is 0 Å². The highest BCUT2D eigenvalue weighted by molar-refractivity contribution is 6.88. The SMILES string of the molecule is Cc1ccccc1-c1cc(CC2CC3CCC2C3)c([Si](C)(C)C)c[n+]1C. The lowest BCUT2D eigenvalue weighted by Gasteiger charge is -2.26.